The lowest BCUT2D eigenvalue weighted by Gasteiger charge is -2.11. The van der Waals surface area contributed by atoms with Gasteiger partial charge in [-0.1, -0.05) is 48.5 Å². The van der Waals surface area contributed by atoms with Crippen molar-refractivity contribution in [1.82, 2.24) is 9.78 Å². The number of anilines is 1. The van der Waals surface area contributed by atoms with Gasteiger partial charge in [-0.15, -0.1) is 0 Å². The minimum atomic E-state index is -0.233. The van der Waals surface area contributed by atoms with Gasteiger partial charge in [-0.25, -0.2) is 0 Å². The van der Waals surface area contributed by atoms with Gasteiger partial charge in [0.05, 0.1) is 0 Å². The molecule has 0 saturated carbocycles. The first-order chi connectivity index (χ1) is 11.7. The summed E-state index contributed by atoms with van der Waals surface area (Å²) in [6, 6.07) is 19.7. The summed E-state index contributed by atoms with van der Waals surface area (Å²) in [6.45, 7) is -0.0532. The molecule has 1 aromatic heterocycles. The standard InChI is InChI=1S/C19H19N3O2/c1-22-12-11-18(21-22)20-19(23)14-24-17-10-6-5-9-16(17)13-15-7-3-2-4-8-15/h2-12H,13-14H2,1H3,(H,20,21,23). The maximum atomic E-state index is 12.0. The predicted octanol–water partition coefficient (Wildman–Crippen LogP) is 3.03. The maximum absolute atomic E-state index is 12.0. The minimum absolute atomic E-state index is 0.0532. The molecule has 1 amide bonds. The molecule has 3 aromatic rings. The molecule has 0 spiro atoms. The number of nitrogens with zero attached hydrogens (tertiary/aromatic N) is 2. The first-order valence-corrected chi connectivity index (χ1v) is 7.75. The van der Waals surface area contributed by atoms with Crippen LogP contribution >= 0.6 is 0 Å². The Morgan fingerprint density at radius 3 is 2.58 bits per heavy atom. The van der Waals surface area contributed by atoms with Crippen molar-refractivity contribution in [3.63, 3.8) is 0 Å². The summed E-state index contributed by atoms with van der Waals surface area (Å²) in [6.07, 6.45) is 2.53. The van der Waals surface area contributed by atoms with Crippen LogP contribution in [0.5, 0.6) is 5.75 Å². The number of hydrogen-bond donors (Lipinski definition) is 1. The van der Waals surface area contributed by atoms with E-state index in [1.54, 1.807) is 24.0 Å². The number of hydrogen-bond acceptors (Lipinski definition) is 3. The average molecular weight is 321 g/mol. The number of carbonyl (C=O) groups is 1. The third-order valence-corrected chi connectivity index (χ3v) is 3.55. The Morgan fingerprint density at radius 2 is 1.83 bits per heavy atom. The van der Waals surface area contributed by atoms with E-state index in [2.05, 4.69) is 22.5 Å². The van der Waals surface area contributed by atoms with E-state index in [0.717, 1.165) is 17.7 Å². The molecule has 5 heteroatoms. The van der Waals surface area contributed by atoms with E-state index >= 15 is 0 Å². The molecule has 122 valence electrons. The number of rotatable bonds is 6. The first kappa shape index (κ1) is 15.8. The monoisotopic (exact) mass is 321 g/mol. The van der Waals surface area contributed by atoms with Gasteiger partial charge in [-0.2, -0.15) is 5.10 Å². The third kappa shape index (κ3) is 4.23. The molecule has 0 aliphatic rings. The van der Waals surface area contributed by atoms with Gasteiger partial charge in [0.15, 0.2) is 12.4 Å². The van der Waals surface area contributed by atoms with Crippen LogP contribution in [0.15, 0.2) is 66.9 Å². The topological polar surface area (TPSA) is 56.2 Å². The van der Waals surface area contributed by atoms with Crippen molar-refractivity contribution in [3.8, 4) is 5.75 Å². The van der Waals surface area contributed by atoms with Crippen LogP contribution in [0.4, 0.5) is 5.82 Å². The highest BCUT2D eigenvalue weighted by molar-refractivity contribution is 5.90. The first-order valence-electron chi connectivity index (χ1n) is 7.75. The summed E-state index contributed by atoms with van der Waals surface area (Å²) in [7, 11) is 1.80. The molecule has 0 unspecified atom stereocenters. The molecule has 1 heterocycles. The van der Waals surface area contributed by atoms with Crippen LogP contribution < -0.4 is 10.1 Å². The Bertz CT molecular complexity index is 812. The predicted molar refractivity (Wildman–Crippen MR) is 93.0 cm³/mol. The zero-order chi connectivity index (χ0) is 16.8. The van der Waals surface area contributed by atoms with Crippen LogP contribution in [0.3, 0.4) is 0 Å². The van der Waals surface area contributed by atoms with Crippen molar-refractivity contribution in [2.75, 3.05) is 11.9 Å². The van der Waals surface area contributed by atoms with Crippen molar-refractivity contribution in [2.24, 2.45) is 7.05 Å². The molecule has 0 aliphatic carbocycles. The SMILES string of the molecule is Cn1ccc(NC(=O)COc2ccccc2Cc2ccccc2)n1. The Hall–Kier alpha value is -3.08. The fourth-order valence-corrected chi connectivity index (χ4v) is 2.41. The second-order valence-electron chi connectivity index (χ2n) is 5.48. The largest absolute Gasteiger partial charge is 0.483 e. The molecule has 0 saturated heterocycles. The van der Waals surface area contributed by atoms with Crippen LogP contribution in [-0.2, 0) is 18.3 Å². The Morgan fingerprint density at radius 1 is 1.08 bits per heavy atom. The van der Waals surface area contributed by atoms with E-state index < -0.39 is 0 Å². The van der Waals surface area contributed by atoms with Gasteiger partial charge in [-0.3, -0.25) is 9.48 Å². The van der Waals surface area contributed by atoms with Crippen LogP contribution in [0, 0.1) is 0 Å². The zero-order valence-electron chi connectivity index (χ0n) is 13.5. The molecule has 1 N–H and O–H groups in total. The van der Waals surface area contributed by atoms with Crippen molar-refractivity contribution in [3.05, 3.63) is 78.0 Å². The molecular formula is C19H19N3O2. The number of nitrogens with one attached hydrogen (secondary N) is 1. The van der Waals surface area contributed by atoms with Gasteiger partial charge >= 0.3 is 0 Å². The molecule has 0 atom stereocenters. The molecule has 5 nitrogen and oxygen atoms in total. The summed E-state index contributed by atoms with van der Waals surface area (Å²) >= 11 is 0. The van der Waals surface area contributed by atoms with E-state index in [0.29, 0.717) is 5.82 Å². The van der Waals surface area contributed by atoms with Crippen LogP contribution in [0.2, 0.25) is 0 Å². The fraction of sp³-hybridized carbons (Fsp3) is 0.158. The normalized spacial score (nSPS) is 10.4. The van der Waals surface area contributed by atoms with Gasteiger partial charge in [0.2, 0.25) is 0 Å². The highest BCUT2D eigenvalue weighted by atomic mass is 16.5. The molecule has 2 aromatic carbocycles. The quantitative estimate of drug-likeness (QED) is 0.759. The second-order valence-corrected chi connectivity index (χ2v) is 5.48. The lowest BCUT2D eigenvalue weighted by atomic mass is 10.0. The molecule has 3 rings (SSSR count). The van der Waals surface area contributed by atoms with Gasteiger partial charge in [-0.05, 0) is 17.2 Å². The third-order valence-electron chi connectivity index (χ3n) is 3.55. The van der Waals surface area contributed by atoms with Crippen molar-refractivity contribution >= 4 is 11.7 Å². The Labute approximate surface area is 140 Å². The van der Waals surface area contributed by atoms with Crippen molar-refractivity contribution in [2.45, 2.75) is 6.42 Å². The Balaban J connectivity index is 1.61. The van der Waals surface area contributed by atoms with Gasteiger partial charge in [0.1, 0.15) is 5.75 Å². The Kier molecular flexibility index (Phi) is 4.91. The molecular weight excluding hydrogens is 302 g/mol. The van der Waals surface area contributed by atoms with Crippen LogP contribution in [0.1, 0.15) is 11.1 Å². The van der Waals surface area contributed by atoms with E-state index in [1.165, 1.54) is 5.56 Å². The summed E-state index contributed by atoms with van der Waals surface area (Å²) < 4.78 is 7.33. The summed E-state index contributed by atoms with van der Waals surface area (Å²) in [5.74, 6) is 1.00. The highest BCUT2D eigenvalue weighted by Gasteiger charge is 2.08. The van der Waals surface area contributed by atoms with E-state index in [9.17, 15) is 4.79 Å². The van der Waals surface area contributed by atoms with Crippen LogP contribution in [-0.4, -0.2) is 22.3 Å². The summed E-state index contributed by atoms with van der Waals surface area (Å²) in [5, 5.41) is 6.81. The summed E-state index contributed by atoms with van der Waals surface area (Å²) in [4.78, 5) is 12.0. The lowest BCUT2D eigenvalue weighted by Crippen LogP contribution is -2.20. The van der Waals surface area contributed by atoms with Gasteiger partial charge < -0.3 is 10.1 Å². The van der Waals surface area contributed by atoms with Gasteiger partial charge in [0, 0.05) is 25.7 Å². The maximum Gasteiger partial charge on any atom is 0.263 e. The molecule has 0 bridgehead atoms. The molecule has 0 fully saturated rings. The van der Waals surface area contributed by atoms with E-state index in [-0.39, 0.29) is 12.5 Å². The number of amides is 1. The van der Waals surface area contributed by atoms with Crippen molar-refractivity contribution < 1.29 is 9.53 Å². The molecule has 0 aliphatic heterocycles. The number of para-hydroxylation sites is 1. The average Bonchev–Trinajstić information content (AvgIpc) is 3.00. The van der Waals surface area contributed by atoms with Crippen molar-refractivity contribution in [1.29, 1.82) is 0 Å². The second kappa shape index (κ2) is 7.46. The number of aromatic nitrogens is 2. The smallest absolute Gasteiger partial charge is 0.263 e. The highest BCUT2D eigenvalue weighted by Crippen LogP contribution is 2.21. The van der Waals surface area contributed by atoms with Crippen LogP contribution in [0.25, 0.3) is 0 Å². The minimum Gasteiger partial charge on any atom is -0.483 e. The molecule has 0 radical (unpaired) electrons. The van der Waals surface area contributed by atoms with E-state index in [4.69, 9.17) is 4.74 Å². The number of ether oxygens (including phenoxy) is 1. The molecule has 24 heavy (non-hydrogen) atoms. The fourth-order valence-electron chi connectivity index (χ4n) is 2.41. The number of carbonyl (C=O) groups excluding carboxylic acids is 1. The number of aryl methyl sites for hydroxylation is 1. The zero-order valence-corrected chi connectivity index (χ0v) is 13.5. The summed E-state index contributed by atoms with van der Waals surface area (Å²) in [5.41, 5.74) is 2.25. The lowest BCUT2D eigenvalue weighted by molar-refractivity contribution is -0.118. The number of benzene rings is 2. The van der Waals surface area contributed by atoms with Gasteiger partial charge in [0.25, 0.3) is 5.91 Å². The van der Waals surface area contributed by atoms with E-state index in [1.807, 2.05) is 42.5 Å².